The minimum absolute atomic E-state index is 0.143. The van der Waals surface area contributed by atoms with Crippen LogP contribution in [0.4, 0.5) is 10.5 Å². The summed E-state index contributed by atoms with van der Waals surface area (Å²) in [5.74, 6) is 0.445. The second-order valence-corrected chi connectivity index (χ2v) is 6.97. The first-order valence-corrected chi connectivity index (χ1v) is 9.64. The van der Waals surface area contributed by atoms with Crippen LogP contribution in [0, 0.1) is 0 Å². The van der Waals surface area contributed by atoms with Crippen molar-refractivity contribution in [1.29, 1.82) is 0 Å². The number of phenols is 1. The number of nitrogens with one attached hydrogen (secondary N) is 1. The SMILES string of the molecule is CCOC(=O)N1CCN(C(=O)C[NH+]2CCN(c3ccccc3O)CC2)CC1. The fourth-order valence-electron chi connectivity index (χ4n) is 3.65. The molecule has 0 saturated carbocycles. The molecule has 0 aliphatic carbocycles. The van der Waals surface area contributed by atoms with Crippen LogP contribution < -0.4 is 9.80 Å². The lowest BCUT2D eigenvalue weighted by Crippen LogP contribution is -3.16. The van der Waals surface area contributed by atoms with E-state index in [0.717, 1.165) is 31.9 Å². The van der Waals surface area contributed by atoms with Crippen LogP contribution in [0.25, 0.3) is 0 Å². The number of hydrogen-bond donors (Lipinski definition) is 2. The Labute approximate surface area is 159 Å². The largest absolute Gasteiger partial charge is 0.506 e. The lowest BCUT2D eigenvalue weighted by atomic mass is 10.2. The highest BCUT2D eigenvalue weighted by Gasteiger charge is 2.29. The topological polar surface area (TPSA) is 77.8 Å². The normalized spacial score (nSPS) is 18.5. The Hall–Kier alpha value is -2.48. The van der Waals surface area contributed by atoms with Crippen molar-refractivity contribution in [1.82, 2.24) is 9.80 Å². The molecule has 8 heteroatoms. The Kier molecular flexibility index (Phi) is 6.39. The fraction of sp³-hybridized carbons (Fsp3) is 0.579. The number of nitrogens with zero attached hydrogens (tertiary/aromatic N) is 3. The molecule has 27 heavy (non-hydrogen) atoms. The van der Waals surface area contributed by atoms with Crippen molar-refractivity contribution in [3.63, 3.8) is 0 Å². The molecule has 148 valence electrons. The van der Waals surface area contributed by atoms with E-state index in [2.05, 4.69) is 4.90 Å². The number of anilines is 1. The van der Waals surface area contributed by atoms with Crippen LogP contribution in [-0.4, -0.2) is 92.4 Å². The predicted octanol–water partition coefficient (Wildman–Crippen LogP) is -0.602. The van der Waals surface area contributed by atoms with Gasteiger partial charge in [0.05, 0.1) is 38.5 Å². The summed E-state index contributed by atoms with van der Waals surface area (Å²) in [4.78, 5) is 31.3. The van der Waals surface area contributed by atoms with E-state index < -0.39 is 0 Å². The second-order valence-electron chi connectivity index (χ2n) is 6.97. The first kappa shape index (κ1) is 19.3. The Morgan fingerprint density at radius 1 is 1.04 bits per heavy atom. The van der Waals surface area contributed by atoms with Crippen molar-refractivity contribution in [2.75, 3.05) is 70.4 Å². The molecule has 2 amide bonds. The van der Waals surface area contributed by atoms with Gasteiger partial charge in [0.2, 0.25) is 0 Å². The summed E-state index contributed by atoms with van der Waals surface area (Å²) >= 11 is 0. The minimum Gasteiger partial charge on any atom is -0.506 e. The maximum Gasteiger partial charge on any atom is 0.409 e. The highest BCUT2D eigenvalue weighted by molar-refractivity contribution is 5.77. The van der Waals surface area contributed by atoms with Crippen LogP contribution in [0.2, 0.25) is 0 Å². The highest BCUT2D eigenvalue weighted by atomic mass is 16.6. The number of amides is 2. The second kappa shape index (κ2) is 8.94. The quantitative estimate of drug-likeness (QED) is 0.733. The van der Waals surface area contributed by atoms with Gasteiger partial charge in [-0.05, 0) is 19.1 Å². The summed E-state index contributed by atoms with van der Waals surface area (Å²) in [6.07, 6.45) is -0.296. The third-order valence-electron chi connectivity index (χ3n) is 5.25. The van der Waals surface area contributed by atoms with Crippen molar-refractivity contribution >= 4 is 17.7 Å². The number of carbonyl (C=O) groups is 2. The molecule has 2 heterocycles. The molecule has 2 N–H and O–H groups in total. The maximum atomic E-state index is 12.6. The van der Waals surface area contributed by atoms with Gasteiger partial charge in [-0.15, -0.1) is 0 Å². The summed E-state index contributed by atoms with van der Waals surface area (Å²) in [5.41, 5.74) is 0.859. The number of rotatable bonds is 4. The molecule has 0 unspecified atom stereocenters. The molecule has 3 rings (SSSR count). The zero-order valence-corrected chi connectivity index (χ0v) is 15.9. The third kappa shape index (κ3) is 4.82. The van der Waals surface area contributed by atoms with Crippen LogP contribution in [0.1, 0.15) is 6.92 Å². The zero-order chi connectivity index (χ0) is 19.2. The predicted molar refractivity (Wildman–Crippen MR) is 101 cm³/mol. The summed E-state index contributed by atoms with van der Waals surface area (Å²) in [5, 5.41) is 9.99. The molecule has 2 saturated heterocycles. The van der Waals surface area contributed by atoms with Gasteiger partial charge in [-0.1, -0.05) is 12.1 Å². The molecular formula is C19H29N4O4+. The number of piperazine rings is 2. The van der Waals surface area contributed by atoms with E-state index in [-0.39, 0.29) is 12.0 Å². The molecule has 0 bridgehead atoms. The third-order valence-corrected chi connectivity index (χ3v) is 5.25. The van der Waals surface area contributed by atoms with Crippen molar-refractivity contribution in [3.8, 4) is 5.75 Å². The molecule has 0 aromatic heterocycles. The Morgan fingerprint density at radius 2 is 1.67 bits per heavy atom. The number of carbonyl (C=O) groups excluding carboxylic acids is 2. The lowest BCUT2D eigenvalue weighted by Gasteiger charge is -2.36. The monoisotopic (exact) mass is 377 g/mol. The van der Waals surface area contributed by atoms with Crippen molar-refractivity contribution in [2.24, 2.45) is 0 Å². The van der Waals surface area contributed by atoms with Gasteiger partial charge in [-0.3, -0.25) is 4.79 Å². The van der Waals surface area contributed by atoms with Crippen LogP contribution in [0.5, 0.6) is 5.75 Å². The molecule has 2 fully saturated rings. The van der Waals surface area contributed by atoms with Gasteiger partial charge in [-0.2, -0.15) is 0 Å². The van der Waals surface area contributed by atoms with Gasteiger partial charge in [0, 0.05) is 26.2 Å². The highest BCUT2D eigenvalue weighted by Crippen LogP contribution is 2.25. The average molecular weight is 377 g/mol. The maximum absolute atomic E-state index is 12.6. The molecular weight excluding hydrogens is 348 g/mol. The summed E-state index contributed by atoms with van der Waals surface area (Å²) in [6.45, 7) is 8.19. The minimum atomic E-state index is -0.296. The van der Waals surface area contributed by atoms with Crippen molar-refractivity contribution in [2.45, 2.75) is 6.92 Å². The van der Waals surface area contributed by atoms with E-state index in [1.165, 1.54) is 4.90 Å². The summed E-state index contributed by atoms with van der Waals surface area (Å²) in [7, 11) is 0. The number of hydrogen-bond acceptors (Lipinski definition) is 5. The van der Waals surface area contributed by atoms with Gasteiger partial charge >= 0.3 is 6.09 Å². The molecule has 2 aliphatic rings. The van der Waals surface area contributed by atoms with E-state index >= 15 is 0 Å². The van der Waals surface area contributed by atoms with Gasteiger partial charge in [0.15, 0.2) is 6.54 Å². The van der Waals surface area contributed by atoms with Crippen LogP contribution in [-0.2, 0) is 9.53 Å². The van der Waals surface area contributed by atoms with E-state index in [1.54, 1.807) is 17.9 Å². The number of phenolic OH excluding ortho intramolecular Hbond substituents is 1. The fourth-order valence-corrected chi connectivity index (χ4v) is 3.65. The van der Waals surface area contributed by atoms with Gasteiger partial charge in [-0.25, -0.2) is 4.79 Å². The Bertz CT molecular complexity index is 653. The molecule has 1 aromatic carbocycles. The van der Waals surface area contributed by atoms with Crippen LogP contribution >= 0.6 is 0 Å². The molecule has 0 atom stereocenters. The number of benzene rings is 1. The lowest BCUT2D eigenvalue weighted by molar-refractivity contribution is -0.892. The molecule has 0 radical (unpaired) electrons. The smallest absolute Gasteiger partial charge is 0.409 e. The van der Waals surface area contributed by atoms with Crippen molar-refractivity contribution < 1.29 is 24.3 Å². The molecule has 0 spiro atoms. The number of aromatic hydroxyl groups is 1. The Balaban J connectivity index is 1.42. The van der Waals surface area contributed by atoms with Crippen LogP contribution in [0.3, 0.4) is 0 Å². The molecule has 1 aromatic rings. The van der Waals surface area contributed by atoms with Crippen LogP contribution in [0.15, 0.2) is 24.3 Å². The number of quaternary nitrogens is 1. The zero-order valence-electron chi connectivity index (χ0n) is 15.9. The van der Waals surface area contributed by atoms with E-state index in [4.69, 9.17) is 4.74 Å². The van der Waals surface area contributed by atoms with Gasteiger partial charge < -0.3 is 29.4 Å². The first-order valence-electron chi connectivity index (χ1n) is 9.64. The van der Waals surface area contributed by atoms with E-state index in [0.29, 0.717) is 45.1 Å². The van der Waals surface area contributed by atoms with E-state index in [1.807, 2.05) is 23.1 Å². The standard InChI is InChI=1S/C19H28N4O4/c1-2-27-19(26)23-13-11-22(12-14-23)18(25)15-20-7-9-21(10-8-20)16-5-3-4-6-17(16)24/h3-6,24H,2,7-15H2,1H3/p+1. The average Bonchev–Trinajstić information content (AvgIpc) is 2.69. The first-order chi connectivity index (χ1) is 13.1. The van der Waals surface area contributed by atoms with Gasteiger partial charge in [0.25, 0.3) is 5.91 Å². The van der Waals surface area contributed by atoms with Gasteiger partial charge in [0.1, 0.15) is 5.75 Å². The Morgan fingerprint density at radius 3 is 2.30 bits per heavy atom. The molecule has 2 aliphatic heterocycles. The van der Waals surface area contributed by atoms with Crippen molar-refractivity contribution in [3.05, 3.63) is 24.3 Å². The number of ether oxygens (including phenoxy) is 1. The summed E-state index contributed by atoms with van der Waals surface area (Å²) < 4.78 is 5.01. The number of para-hydroxylation sites is 2. The summed E-state index contributed by atoms with van der Waals surface area (Å²) in [6, 6.07) is 7.37. The van der Waals surface area contributed by atoms with E-state index in [9.17, 15) is 14.7 Å². The molecule has 8 nitrogen and oxygen atoms in total.